The molecule has 0 aromatic heterocycles. The van der Waals surface area contributed by atoms with Crippen LogP contribution in [0, 0.1) is 12.8 Å². The number of rotatable bonds is 3. The summed E-state index contributed by atoms with van der Waals surface area (Å²) in [4.78, 5) is 12.3. The van der Waals surface area contributed by atoms with Crippen LogP contribution in [0.5, 0.6) is 0 Å². The molecule has 1 saturated carbocycles. The van der Waals surface area contributed by atoms with Crippen LogP contribution in [0.2, 0.25) is 5.02 Å². The van der Waals surface area contributed by atoms with Gasteiger partial charge in [-0.2, -0.15) is 0 Å². The van der Waals surface area contributed by atoms with Crippen LogP contribution in [0.3, 0.4) is 0 Å². The fraction of sp³-hybridized carbons (Fsp3) is 0.533. The van der Waals surface area contributed by atoms with Gasteiger partial charge in [0.2, 0.25) is 0 Å². The number of carbonyl (C=O) groups is 1. The highest BCUT2D eigenvalue weighted by molar-refractivity contribution is 6.34. The van der Waals surface area contributed by atoms with Crippen molar-refractivity contribution in [1.29, 1.82) is 0 Å². The van der Waals surface area contributed by atoms with Crippen LogP contribution in [0.25, 0.3) is 0 Å². The number of amides is 1. The van der Waals surface area contributed by atoms with Gasteiger partial charge in [0.05, 0.1) is 10.6 Å². The van der Waals surface area contributed by atoms with Crippen molar-refractivity contribution in [3.8, 4) is 0 Å². The van der Waals surface area contributed by atoms with Crippen LogP contribution in [0.1, 0.15) is 41.6 Å². The van der Waals surface area contributed by atoms with E-state index in [2.05, 4.69) is 5.32 Å². The Morgan fingerprint density at radius 2 is 2.16 bits per heavy atom. The molecule has 0 bridgehead atoms. The number of hydrogen-bond acceptors (Lipinski definition) is 2. The Morgan fingerprint density at radius 3 is 2.89 bits per heavy atom. The minimum atomic E-state index is -0.140. The molecule has 104 valence electrons. The SMILES string of the molecule is Cc1cccc(C(=O)NC2CCCCC2CO)c1Cl. The van der Waals surface area contributed by atoms with Gasteiger partial charge in [0.25, 0.3) is 5.91 Å². The van der Waals surface area contributed by atoms with Crippen LogP contribution in [0.15, 0.2) is 18.2 Å². The summed E-state index contributed by atoms with van der Waals surface area (Å²) < 4.78 is 0. The fourth-order valence-corrected chi connectivity index (χ4v) is 2.90. The smallest absolute Gasteiger partial charge is 0.253 e. The van der Waals surface area contributed by atoms with Crippen LogP contribution < -0.4 is 5.32 Å². The quantitative estimate of drug-likeness (QED) is 0.895. The Labute approximate surface area is 119 Å². The highest BCUT2D eigenvalue weighted by Gasteiger charge is 2.26. The summed E-state index contributed by atoms with van der Waals surface area (Å²) >= 11 is 6.17. The molecular formula is C15H20ClNO2. The van der Waals surface area contributed by atoms with Gasteiger partial charge in [0.15, 0.2) is 0 Å². The van der Waals surface area contributed by atoms with Crippen molar-refractivity contribution in [2.45, 2.75) is 38.6 Å². The zero-order valence-corrected chi connectivity index (χ0v) is 11.9. The highest BCUT2D eigenvalue weighted by Crippen LogP contribution is 2.25. The maximum Gasteiger partial charge on any atom is 0.253 e. The summed E-state index contributed by atoms with van der Waals surface area (Å²) in [6.45, 7) is 2.02. The van der Waals surface area contributed by atoms with Crippen molar-refractivity contribution < 1.29 is 9.90 Å². The normalized spacial score (nSPS) is 23.1. The van der Waals surface area contributed by atoms with E-state index in [1.54, 1.807) is 6.07 Å². The molecule has 0 heterocycles. The molecule has 0 radical (unpaired) electrons. The second-order valence-corrected chi connectivity index (χ2v) is 5.62. The third kappa shape index (κ3) is 3.28. The predicted molar refractivity (Wildman–Crippen MR) is 76.5 cm³/mol. The number of halogens is 1. The van der Waals surface area contributed by atoms with Gasteiger partial charge in [-0.3, -0.25) is 4.79 Å². The number of nitrogens with one attached hydrogen (secondary N) is 1. The maximum atomic E-state index is 12.3. The number of aliphatic hydroxyl groups excluding tert-OH is 1. The van der Waals surface area contributed by atoms with Crippen molar-refractivity contribution in [3.05, 3.63) is 34.3 Å². The van der Waals surface area contributed by atoms with Gasteiger partial charge < -0.3 is 10.4 Å². The van der Waals surface area contributed by atoms with E-state index in [9.17, 15) is 9.90 Å². The molecular weight excluding hydrogens is 262 g/mol. The van der Waals surface area contributed by atoms with Crippen molar-refractivity contribution >= 4 is 17.5 Å². The maximum absolute atomic E-state index is 12.3. The molecule has 0 aliphatic heterocycles. The first kappa shape index (κ1) is 14.4. The molecule has 1 aliphatic carbocycles. The molecule has 4 heteroatoms. The first-order valence-corrected chi connectivity index (χ1v) is 7.18. The summed E-state index contributed by atoms with van der Waals surface area (Å²) in [6, 6.07) is 5.51. The third-order valence-electron chi connectivity index (χ3n) is 3.90. The van der Waals surface area contributed by atoms with Crippen molar-refractivity contribution in [3.63, 3.8) is 0 Å². The second kappa shape index (κ2) is 6.40. The molecule has 0 saturated heterocycles. The lowest BCUT2D eigenvalue weighted by Crippen LogP contribution is -2.43. The van der Waals surface area contributed by atoms with Gasteiger partial charge in [-0.05, 0) is 31.4 Å². The van der Waals surface area contributed by atoms with E-state index in [1.807, 2.05) is 19.1 Å². The average molecular weight is 282 g/mol. The molecule has 1 aromatic carbocycles. The van der Waals surface area contributed by atoms with Crippen LogP contribution >= 0.6 is 11.6 Å². The first-order chi connectivity index (χ1) is 9.13. The third-order valence-corrected chi connectivity index (χ3v) is 4.40. The highest BCUT2D eigenvalue weighted by atomic mass is 35.5. The summed E-state index contributed by atoms with van der Waals surface area (Å²) in [6.07, 6.45) is 4.13. The molecule has 2 atom stereocenters. The number of aliphatic hydroxyl groups is 1. The van der Waals surface area contributed by atoms with Gasteiger partial charge in [-0.15, -0.1) is 0 Å². The second-order valence-electron chi connectivity index (χ2n) is 5.24. The van der Waals surface area contributed by atoms with Gasteiger partial charge >= 0.3 is 0 Å². The minimum Gasteiger partial charge on any atom is -0.396 e. The Bertz CT molecular complexity index is 461. The van der Waals surface area contributed by atoms with Crippen LogP contribution in [-0.4, -0.2) is 23.7 Å². The molecule has 19 heavy (non-hydrogen) atoms. The lowest BCUT2D eigenvalue weighted by atomic mass is 9.85. The van der Waals surface area contributed by atoms with Gasteiger partial charge in [0.1, 0.15) is 0 Å². The summed E-state index contributed by atoms with van der Waals surface area (Å²) in [7, 11) is 0. The average Bonchev–Trinajstić information content (AvgIpc) is 2.42. The minimum absolute atomic E-state index is 0.0582. The first-order valence-electron chi connectivity index (χ1n) is 6.80. The molecule has 0 spiro atoms. The van der Waals surface area contributed by atoms with Crippen LogP contribution in [-0.2, 0) is 0 Å². The van der Waals surface area contributed by atoms with E-state index in [4.69, 9.17) is 11.6 Å². The Morgan fingerprint density at radius 1 is 1.42 bits per heavy atom. The van der Waals surface area contributed by atoms with Crippen molar-refractivity contribution in [2.24, 2.45) is 5.92 Å². The standard InChI is InChI=1S/C15H20ClNO2/c1-10-5-4-7-12(14(10)16)15(19)17-13-8-3-2-6-11(13)9-18/h4-5,7,11,13,18H,2-3,6,8-9H2,1H3,(H,17,19). The molecule has 1 fully saturated rings. The molecule has 2 unspecified atom stereocenters. The van der Waals surface area contributed by atoms with E-state index in [0.29, 0.717) is 10.6 Å². The summed E-state index contributed by atoms with van der Waals surface area (Å²) in [5.41, 5.74) is 1.42. The molecule has 2 N–H and O–H groups in total. The van der Waals surface area contributed by atoms with E-state index >= 15 is 0 Å². The Kier molecular flexibility index (Phi) is 4.83. The molecule has 3 nitrogen and oxygen atoms in total. The van der Waals surface area contributed by atoms with Crippen molar-refractivity contribution in [1.82, 2.24) is 5.32 Å². The monoisotopic (exact) mass is 281 g/mol. The summed E-state index contributed by atoms with van der Waals surface area (Å²) in [5.74, 6) is 0.0281. The van der Waals surface area contributed by atoms with E-state index in [1.165, 1.54) is 0 Å². The largest absolute Gasteiger partial charge is 0.396 e. The van der Waals surface area contributed by atoms with Crippen LogP contribution in [0.4, 0.5) is 0 Å². The molecule has 1 aromatic rings. The topological polar surface area (TPSA) is 49.3 Å². The lowest BCUT2D eigenvalue weighted by Gasteiger charge is -2.31. The Balaban J connectivity index is 2.09. The molecule has 2 rings (SSSR count). The number of benzene rings is 1. The van der Waals surface area contributed by atoms with E-state index in [-0.39, 0.29) is 24.5 Å². The number of aryl methyl sites for hydroxylation is 1. The fourth-order valence-electron chi connectivity index (χ4n) is 2.69. The number of carbonyl (C=O) groups excluding carboxylic acids is 1. The van der Waals surface area contributed by atoms with Gasteiger partial charge in [0, 0.05) is 18.6 Å². The predicted octanol–water partition coefficient (Wildman–Crippen LogP) is 2.93. The van der Waals surface area contributed by atoms with Gasteiger partial charge in [-0.1, -0.05) is 36.6 Å². The zero-order chi connectivity index (χ0) is 13.8. The summed E-state index contributed by atoms with van der Waals surface area (Å²) in [5, 5.41) is 12.9. The zero-order valence-electron chi connectivity index (χ0n) is 11.2. The molecule has 1 amide bonds. The Hall–Kier alpha value is -1.06. The lowest BCUT2D eigenvalue weighted by molar-refractivity contribution is 0.0872. The van der Waals surface area contributed by atoms with E-state index in [0.717, 1.165) is 31.2 Å². The van der Waals surface area contributed by atoms with Gasteiger partial charge in [-0.25, -0.2) is 0 Å². The van der Waals surface area contributed by atoms with Crippen molar-refractivity contribution in [2.75, 3.05) is 6.61 Å². The number of hydrogen-bond donors (Lipinski definition) is 2. The molecule has 1 aliphatic rings. The van der Waals surface area contributed by atoms with E-state index < -0.39 is 0 Å².